The number of aryl methyl sites for hydroxylation is 1. The van der Waals surface area contributed by atoms with Gasteiger partial charge in [0.05, 0.1) is 14.2 Å². The number of hydrogen-bond acceptors (Lipinski definition) is 4. The van der Waals surface area contributed by atoms with Crippen molar-refractivity contribution in [3.63, 3.8) is 0 Å². The van der Waals surface area contributed by atoms with Crippen LogP contribution in [0.3, 0.4) is 0 Å². The molecule has 0 radical (unpaired) electrons. The Hall–Kier alpha value is -3.60. The Kier molecular flexibility index (Phi) is 7.63. The Labute approximate surface area is 201 Å². The number of allylic oxidation sites excluding steroid dienone is 1. The molecule has 5 nitrogen and oxygen atoms in total. The minimum absolute atomic E-state index is 0.0431. The second-order valence-electron chi connectivity index (χ2n) is 8.71. The molecular formula is C29H32N2O3. The Bertz CT molecular complexity index is 1080. The predicted octanol–water partition coefficient (Wildman–Crippen LogP) is 5.10. The fourth-order valence-electron chi connectivity index (χ4n) is 4.63. The third-order valence-corrected chi connectivity index (χ3v) is 6.58. The molecule has 1 aliphatic rings. The van der Waals surface area contributed by atoms with Crippen molar-refractivity contribution in [1.82, 2.24) is 10.3 Å². The maximum atomic E-state index is 12.4. The lowest BCUT2D eigenvalue weighted by molar-refractivity contribution is -0.116. The zero-order valence-electron chi connectivity index (χ0n) is 19.9. The van der Waals surface area contributed by atoms with Crippen LogP contribution in [-0.4, -0.2) is 31.7 Å². The summed E-state index contributed by atoms with van der Waals surface area (Å²) in [5, 5.41) is 3.01. The summed E-state index contributed by atoms with van der Waals surface area (Å²) in [4.78, 5) is 16.6. The molecule has 0 spiro atoms. The van der Waals surface area contributed by atoms with Gasteiger partial charge in [-0.1, -0.05) is 36.4 Å². The molecule has 1 unspecified atom stereocenters. The van der Waals surface area contributed by atoms with E-state index < -0.39 is 0 Å². The zero-order chi connectivity index (χ0) is 23.8. The molecule has 1 fully saturated rings. The number of ether oxygens (including phenoxy) is 2. The molecule has 176 valence electrons. The van der Waals surface area contributed by atoms with Gasteiger partial charge < -0.3 is 14.8 Å². The van der Waals surface area contributed by atoms with Crippen molar-refractivity contribution in [2.24, 2.45) is 5.92 Å². The van der Waals surface area contributed by atoms with Crippen molar-refractivity contribution >= 4 is 5.91 Å². The molecule has 2 aromatic carbocycles. The van der Waals surface area contributed by atoms with E-state index in [2.05, 4.69) is 40.6 Å². The van der Waals surface area contributed by atoms with Gasteiger partial charge in [0.1, 0.15) is 11.5 Å². The first-order valence-corrected chi connectivity index (χ1v) is 11.8. The SMILES string of the molecule is COc1cccc(C2(c3cccc(OC)c3)CC2/C=C/C(=O)NCCCCc2cccnc2)c1. The molecule has 34 heavy (non-hydrogen) atoms. The highest BCUT2D eigenvalue weighted by atomic mass is 16.5. The highest BCUT2D eigenvalue weighted by Gasteiger charge is 2.55. The minimum Gasteiger partial charge on any atom is -0.497 e. The standard InChI is InChI=1S/C29H32N2O3/c1-33-26-12-5-10-23(18-26)29(24-11-6-13-27(19-24)34-2)20-25(29)14-15-28(32)31-17-4-3-8-22-9-7-16-30-21-22/h5-7,9-16,18-19,21,25H,3-4,8,17,20H2,1-2H3,(H,31,32)/b15-14+. The van der Waals surface area contributed by atoms with Gasteiger partial charge in [0.25, 0.3) is 0 Å². The van der Waals surface area contributed by atoms with Crippen molar-refractivity contribution < 1.29 is 14.3 Å². The van der Waals surface area contributed by atoms with Crippen LogP contribution in [0.1, 0.15) is 36.0 Å². The summed E-state index contributed by atoms with van der Waals surface area (Å²) >= 11 is 0. The van der Waals surface area contributed by atoms with E-state index in [-0.39, 0.29) is 17.2 Å². The number of carbonyl (C=O) groups is 1. The first kappa shape index (κ1) is 23.6. The minimum atomic E-state index is -0.191. The Morgan fingerprint density at radius 2 is 1.74 bits per heavy atom. The van der Waals surface area contributed by atoms with Gasteiger partial charge in [-0.05, 0) is 84.7 Å². The van der Waals surface area contributed by atoms with E-state index in [0.29, 0.717) is 6.54 Å². The maximum absolute atomic E-state index is 12.4. The number of nitrogens with zero attached hydrogens (tertiary/aromatic N) is 1. The molecule has 5 heteroatoms. The number of aromatic nitrogens is 1. The predicted molar refractivity (Wildman–Crippen MR) is 134 cm³/mol. The van der Waals surface area contributed by atoms with Crippen molar-refractivity contribution in [1.29, 1.82) is 0 Å². The van der Waals surface area contributed by atoms with Gasteiger partial charge in [0, 0.05) is 24.4 Å². The number of amides is 1. The third-order valence-electron chi connectivity index (χ3n) is 6.58. The molecule has 0 aliphatic heterocycles. The van der Waals surface area contributed by atoms with Crippen molar-refractivity contribution in [3.8, 4) is 11.5 Å². The van der Waals surface area contributed by atoms with Gasteiger partial charge >= 0.3 is 0 Å². The monoisotopic (exact) mass is 456 g/mol. The van der Waals surface area contributed by atoms with E-state index in [1.54, 1.807) is 26.5 Å². The van der Waals surface area contributed by atoms with Crippen molar-refractivity contribution in [2.75, 3.05) is 20.8 Å². The maximum Gasteiger partial charge on any atom is 0.243 e. The summed E-state index contributed by atoms with van der Waals surface area (Å²) < 4.78 is 10.9. The molecule has 0 saturated heterocycles. The lowest BCUT2D eigenvalue weighted by Gasteiger charge is -2.20. The Morgan fingerprint density at radius 3 is 2.35 bits per heavy atom. The van der Waals surface area contributed by atoms with Crippen LogP contribution in [0.5, 0.6) is 11.5 Å². The number of unbranched alkanes of at least 4 members (excludes halogenated alkanes) is 1. The summed E-state index contributed by atoms with van der Waals surface area (Å²) in [7, 11) is 3.37. The molecule has 0 bridgehead atoms. The molecule has 1 amide bonds. The van der Waals surface area contributed by atoms with Gasteiger partial charge in [-0.25, -0.2) is 0 Å². The van der Waals surface area contributed by atoms with E-state index in [0.717, 1.165) is 37.2 Å². The summed E-state index contributed by atoms with van der Waals surface area (Å²) in [5.41, 5.74) is 3.41. The van der Waals surface area contributed by atoms with Crippen LogP contribution in [0, 0.1) is 5.92 Å². The fraction of sp³-hybridized carbons (Fsp3) is 0.310. The van der Waals surface area contributed by atoms with Crippen LogP contribution in [0.2, 0.25) is 0 Å². The average molecular weight is 457 g/mol. The topological polar surface area (TPSA) is 60.5 Å². The molecule has 1 atom stereocenters. The molecule has 1 aliphatic carbocycles. The van der Waals surface area contributed by atoms with Gasteiger partial charge in [0.15, 0.2) is 0 Å². The molecule has 1 N–H and O–H groups in total. The number of pyridine rings is 1. The Balaban J connectivity index is 1.38. The highest BCUT2D eigenvalue weighted by molar-refractivity contribution is 5.87. The van der Waals surface area contributed by atoms with Gasteiger partial charge in [-0.3, -0.25) is 9.78 Å². The quantitative estimate of drug-likeness (QED) is 0.322. The molecule has 1 saturated carbocycles. The summed E-state index contributed by atoms with van der Waals surface area (Å²) in [6, 6.07) is 20.5. The van der Waals surface area contributed by atoms with E-state index in [9.17, 15) is 4.79 Å². The summed E-state index contributed by atoms with van der Waals surface area (Å²) in [6.07, 6.45) is 11.3. The van der Waals surface area contributed by atoms with E-state index in [1.165, 1.54) is 16.7 Å². The lowest BCUT2D eigenvalue weighted by atomic mass is 9.85. The van der Waals surface area contributed by atoms with E-state index in [4.69, 9.17) is 9.47 Å². The van der Waals surface area contributed by atoms with E-state index in [1.807, 2.05) is 42.6 Å². The van der Waals surface area contributed by atoms with Crippen LogP contribution in [0.25, 0.3) is 0 Å². The highest BCUT2D eigenvalue weighted by Crippen LogP contribution is 2.60. The number of nitrogens with one attached hydrogen (secondary N) is 1. The van der Waals surface area contributed by atoms with Gasteiger partial charge in [-0.15, -0.1) is 0 Å². The number of rotatable bonds is 11. The Morgan fingerprint density at radius 1 is 1.03 bits per heavy atom. The van der Waals surface area contributed by atoms with Crippen LogP contribution in [-0.2, 0) is 16.6 Å². The molecule has 1 heterocycles. The number of methoxy groups -OCH3 is 2. The first-order valence-electron chi connectivity index (χ1n) is 11.8. The second-order valence-corrected chi connectivity index (χ2v) is 8.71. The fourth-order valence-corrected chi connectivity index (χ4v) is 4.63. The normalized spacial score (nSPS) is 16.2. The van der Waals surface area contributed by atoms with Crippen LogP contribution >= 0.6 is 0 Å². The smallest absolute Gasteiger partial charge is 0.243 e. The summed E-state index contributed by atoms with van der Waals surface area (Å²) in [5.74, 6) is 1.85. The van der Waals surface area contributed by atoms with Crippen molar-refractivity contribution in [2.45, 2.75) is 31.1 Å². The zero-order valence-corrected chi connectivity index (χ0v) is 19.9. The van der Waals surface area contributed by atoms with Crippen LogP contribution in [0.15, 0.2) is 85.2 Å². The van der Waals surface area contributed by atoms with Gasteiger partial charge in [-0.2, -0.15) is 0 Å². The third kappa shape index (κ3) is 5.48. The van der Waals surface area contributed by atoms with Crippen LogP contribution in [0.4, 0.5) is 0 Å². The van der Waals surface area contributed by atoms with E-state index >= 15 is 0 Å². The van der Waals surface area contributed by atoms with Crippen LogP contribution < -0.4 is 14.8 Å². The van der Waals surface area contributed by atoms with Gasteiger partial charge in [0.2, 0.25) is 5.91 Å². The average Bonchev–Trinajstić information content (AvgIpc) is 3.63. The molecular weight excluding hydrogens is 424 g/mol. The number of hydrogen-bond donors (Lipinski definition) is 1. The lowest BCUT2D eigenvalue weighted by Crippen LogP contribution is -2.22. The molecule has 3 aromatic rings. The molecule has 1 aromatic heterocycles. The largest absolute Gasteiger partial charge is 0.497 e. The summed E-state index contributed by atoms with van der Waals surface area (Å²) in [6.45, 7) is 0.672. The number of benzene rings is 2. The van der Waals surface area contributed by atoms with Crippen molar-refractivity contribution in [3.05, 3.63) is 102 Å². The second kappa shape index (κ2) is 11.0. The first-order chi connectivity index (χ1) is 16.7. The number of carbonyl (C=O) groups excluding carboxylic acids is 1. The molecule has 4 rings (SSSR count).